The molecule has 0 amide bonds. The lowest BCUT2D eigenvalue weighted by Gasteiger charge is -2.32. The summed E-state index contributed by atoms with van der Waals surface area (Å²) in [5, 5.41) is 9.24. The molecule has 1 aromatic rings. The Labute approximate surface area is 95.5 Å². The first-order valence-corrected chi connectivity index (χ1v) is 5.81. The maximum atomic E-state index is 11.2. The van der Waals surface area contributed by atoms with Crippen LogP contribution in [0.25, 0.3) is 0 Å². The van der Waals surface area contributed by atoms with Gasteiger partial charge in [0.25, 0.3) is 0 Å². The summed E-state index contributed by atoms with van der Waals surface area (Å²) < 4.78 is 0. The summed E-state index contributed by atoms with van der Waals surface area (Å²) in [6.45, 7) is 2.20. The highest BCUT2D eigenvalue weighted by Crippen LogP contribution is 2.40. The van der Waals surface area contributed by atoms with E-state index in [0.717, 1.165) is 24.8 Å². The number of carbonyl (C=O) groups is 1. The van der Waals surface area contributed by atoms with Gasteiger partial charge in [-0.15, -0.1) is 0 Å². The second kappa shape index (κ2) is 4.64. The fraction of sp³-hybridized carbons (Fsp3) is 0.538. The monoisotopic (exact) mass is 219 g/mol. The van der Waals surface area contributed by atoms with Crippen molar-refractivity contribution < 1.29 is 9.90 Å². The quantitative estimate of drug-likeness (QED) is 0.832. The molecule has 3 unspecified atom stereocenters. The van der Waals surface area contributed by atoms with Gasteiger partial charge in [-0.2, -0.15) is 0 Å². The van der Waals surface area contributed by atoms with Crippen LogP contribution in [0, 0.1) is 11.8 Å². The van der Waals surface area contributed by atoms with Crippen molar-refractivity contribution >= 4 is 5.97 Å². The zero-order valence-electron chi connectivity index (χ0n) is 9.47. The molecule has 1 N–H and O–H groups in total. The molecule has 0 aliphatic heterocycles. The third-order valence-corrected chi connectivity index (χ3v) is 3.54. The molecule has 3 nitrogen and oxygen atoms in total. The molecule has 16 heavy (non-hydrogen) atoms. The van der Waals surface area contributed by atoms with E-state index in [-0.39, 0.29) is 11.8 Å². The van der Waals surface area contributed by atoms with Gasteiger partial charge < -0.3 is 5.11 Å². The van der Waals surface area contributed by atoms with Gasteiger partial charge >= 0.3 is 5.97 Å². The number of pyridine rings is 1. The van der Waals surface area contributed by atoms with Gasteiger partial charge in [0.15, 0.2) is 0 Å². The first-order valence-electron chi connectivity index (χ1n) is 5.81. The van der Waals surface area contributed by atoms with Crippen LogP contribution >= 0.6 is 0 Å². The fourth-order valence-corrected chi connectivity index (χ4v) is 2.64. The zero-order chi connectivity index (χ0) is 11.5. The van der Waals surface area contributed by atoms with E-state index >= 15 is 0 Å². The Hall–Kier alpha value is -1.38. The molecule has 1 saturated carbocycles. The van der Waals surface area contributed by atoms with Crippen LogP contribution in [0.5, 0.6) is 0 Å². The Balaban J connectivity index is 2.24. The topological polar surface area (TPSA) is 50.2 Å². The van der Waals surface area contributed by atoms with Gasteiger partial charge in [0.05, 0.1) is 5.92 Å². The van der Waals surface area contributed by atoms with Gasteiger partial charge in [-0.25, -0.2) is 0 Å². The third kappa shape index (κ3) is 2.23. The van der Waals surface area contributed by atoms with Gasteiger partial charge in [-0.3, -0.25) is 9.78 Å². The maximum Gasteiger partial charge on any atom is 0.307 e. The molecule has 1 heterocycles. The van der Waals surface area contributed by atoms with Crippen molar-refractivity contribution in [1.82, 2.24) is 4.98 Å². The van der Waals surface area contributed by atoms with Gasteiger partial charge in [0.1, 0.15) is 0 Å². The van der Waals surface area contributed by atoms with Crippen LogP contribution < -0.4 is 0 Å². The second-order valence-corrected chi connectivity index (χ2v) is 4.76. The minimum Gasteiger partial charge on any atom is -0.481 e. The Morgan fingerprint density at radius 2 is 2.31 bits per heavy atom. The minimum absolute atomic E-state index is 0.134. The number of carboxylic acids is 1. The molecule has 1 aliphatic rings. The standard InChI is InChI=1S/C13H17NO2/c1-9-4-5-11(13(15)16)12(7-9)10-3-2-6-14-8-10/h2-3,6,8-9,11-12H,4-5,7H2,1H3,(H,15,16). The molecule has 0 aromatic carbocycles. The number of rotatable bonds is 2. The molecule has 0 bridgehead atoms. The molecule has 0 spiro atoms. The molecular formula is C13H17NO2. The van der Waals surface area contributed by atoms with E-state index in [2.05, 4.69) is 11.9 Å². The fourth-order valence-electron chi connectivity index (χ4n) is 2.64. The SMILES string of the molecule is CC1CCC(C(=O)O)C(c2cccnc2)C1. The summed E-state index contributed by atoms with van der Waals surface area (Å²) in [4.78, 5) is 15.3. The molecular weight excluding hydrogens is 202 g/mol. The van der Waals surface area contributed by atoms with E-state index in [1.807, 2.05) is 12.1 Å². The number of aromatic nitrogens is 1. The third-order valence-electron chi connectivity index (χ3n) is 3.54. The van der Waals surface area contributed by atoms with Crippen LogP contribution in [-0.2, 0) is 4.79 Å². The van der Waals surface area contributed by atoms with Crippen molar-refractivity contribution in [3.63, 3.8) is 0 Å². The summed E-state index contributed by atoms with van der Waals surface area (Å²) in [6.07, 6.45) is 6.30. The first-order chi connectivity index (χ1) is 7.68. The van der Waals surface area contributed by atoms with Crippen LogP contribution in [0.3, 0.4) is 0 Å². The van der Waals surface area contributed by atoms with Gasteiger partial charge in [0.2, 0.25) is 0 Å². The highest BCUT2D eigenvalue weighted by atomic mass is 16.4. The summed E-state index contributed by atoms with van der Waals surface area (Å²) in [6, 6.07) is 3.87. The molecule has 1 fully saturated rings. The molecule has 3 heteroatoms. The predicted molar refractivity (Wildman–Crippen MR) is 61.1 cm³/mol. The van der Waals surface area contributed by atoms with Crippen molar-refractivity contribution in [2.75, 3.05) is 0 Å². The largest absolute Gasteiger partial charge is 0.481 e. The average molecular weight is 219 g/mol. The summed E-state index contributed by atoms with van der Waals surface area (Å²) in [7, 11) is 0. The smallest absolute Gasteiger partial charge is 0.307 e. The van der Waals surface area contributed by atoms with Crippen molar-refractivity contribution in [3.8, 4) is 0 Å². The van der Waals surface area contributed by atoms with E-state index < -0.39 is 5.97 Å². The van der Waals surface area contributed by atoms with E-state index in [1.54, 1.807) is 12.4 Å². The number of hydrogen-bond acceptors (Lipinski definition) is 2. The highest BCUT2D eigenvalue weighted by molar-refractivity contribution is 5.71. The molecule has 3 atom stereocenters. The van der Waals surface area contributed by atoms with E-state index in [4.69, 9.17) is 0 Å². The maximum absolute atomic E-state index is 11.2. The Morgan fingerprint density at radius 3 is 2.94 bits per heavy atom. The number of aliphatic carboxylic acids is 1. The normalized spacial score (nSPS) is 29.9. The zero-order valence-corrected chi connectivity index (χ0v) is 9.47. The molecule has 1 aliphatic carbocycles. The summed E-state index contributed by atoms with van der Waals surface area (Å²) in [5.74, 6) is -0.156. The van der Waals surface area contributed by atoms with Crippen LogP contribution in [-0.4, -0.2) is 16.1 Å². The van der Waals surface area contributed by atoms with E-state index in [1.165, 1.54) is 0 Å². The van der Waals surface area contributed by atoms with E-state index in [0.29, 0.717) is 5.92 Å². The minimum atomic E-state index is -0.666. The average Bonchev–Trinajstić information content (AvgIpc) is 2.29. The lowest BCUT2D eigenvalue weighted by Crippen LogP contribution is -2.28. The van der Waals surface area contributed by atoms with Crippen molar-refractivity contribution in [3.05, 3.63) is 30.1 Å². The van der Waals surface area contributed by atoms with Crippen molar-refractivity contribution in [2.45, 2.75) is 32.1 Å². The van der Waals surface area contributed by atoms with Crippen LogP contribution in [0.15, 0.2) is 24.5 Å². The second-order valence-electron chi connectivity index (χ2n) is 4.76. The molecule has 0 saturated heterocycles. The Kier molecular flexibility index (Phi) is 3.22. The van der Waals surface area contributed by atoms with Crippen molar-refractivity contribution in [1.29, 1.82) is 0 Å². The first kappa shape index (κ1) is 11.1. The molecule has 86 valence electrons. The van der Waals surface area contributed by atoms with Gasteiger partial charge in [-0.05, 0) is 42.7 Å². The number of carboxylic acid groups (broad SMARTS) is 1. The predicted octanol–water partition coefficient (Wildman–Crippen LogP) is 2.69. The van der Waals surface area contributed by atoms with Crippen LogP contribution in [0.2, 0.25) is 0 Å². The van der Waals surface area contributed by atoms with Gasteiger partial charge in [0, 0.05) is 12.4 Å². The Morgan fingerprint density at radius 1 is 1.50 bits per heavy atom. The summed E-state index contributed by atoms with van der Waals surface area (Å²) >= 11 is 0. The molecule has 1 aromatic heterocycles. The lowest BCUT2D eigenvalue weighted by atomic mass is 9.72. The van der Waals surface area contributed by atoms with Crippen LogP contribution in [0.1, 0.15) is 37.7 Å². The van der Waals surface area contributed by atoms with Crippen molar-refractivity contribution in [2.24, 2.45) is 11.8 Å². The Bertz CT molecular complexity index is 363. The lowest BCUT2D eigenvalue weighted by molar-refractivity contribution is -0.143. The molecule has 2 rings (SSSR count). The number of hydrogen-bond donors (Lipinski definition) is 1. The highest BCUT2D eigenvalue weighted by Gasteiger charge is 2.34. The van der Waals surface area contributed by atoms with E-state index in [9.17, 15) is 9.90 Å². The number of nitrogens with zero attached hydrogens (tertiary/aromatic N) is 1. The summed E-state index contributed by atoms with van der Waals surface area (Å²) in [5.41, 5.74) is 1.07. The van der Waals surface area contributed by atoms with Crippen LogP contribution in [0.4, 0.5) is 0 Å². The molecule has 0 radical (unpaired) electrons. The van der Waals surface area contributed by atoms with Gasteiger partial charge in [-0.1, -0.05) is 13.0 Å².